The molecular weight excluding hydrogens is 228 g/mol. The number of halogens is 1. The van der Waals surface area contributed by atoms with Gasteiger partial charge >= 0.3 is 0 Å². The Bertz CT molecular complexity index is 250. The molecule has 5 nitrogen and oxygen atoms in total. The van der Waals surface area contributed by atoms with Crippen LogP contribution in [-0.4, -0.2) is 40.0 Å². The zero-order valence-electron chi connectivity index (χ0n) is 8.10. The molecule has 0 aliphatic carbocycles. The van der Waals surface area contributed by atoms with Gasteiger partial charge in [0.05, 0.1) is 19.0 Å². The van der Waals surface area contributed by atoms with Gasteiger partial charge in [0.25, 0.3) is 0 Å². The van der Waals surface area contributed by atoms with Crippen molar-refractivity contribution in [1.29, 1.82) is 0 Å². The minimum atomic E-state index is -3.10. The van der Waals surface area contributed by atoms with Crippen molar-refractivity contribution in [3.05, 3.63) is 0 Å². The lowest BCUT2D eigenvalue weighted by Gasteiger charge is -2.26. The largest absolute Gasteiger partial charge is 0.375 e. The third-order valence-electron chi connectivity index (χ3n) is 1.98. The zero-order valence-corrected chi connectivity index (χ0v) is 9.73. The molecule has 86 valence electrons. The Morgan fingerprint density at radius 3 is 2.57 bits per heavy atom. The van der Waals surface area contributed by atoms with Gasteiger partial charge in [0.1, 0.15) is 0 Å². The zero-order chi connectivity index (χ0) is 9.90. The molecule has 0 radical (unpaired) electrons. The average Bonchev–Trinajstić information content (AvgIpc) is 2.02. The Labute approximate surface area is 90.8 Å². The average molecular weight is 245 g/mol. The first kappa shape index (κ1) is 14.1. The van der Waals surface area contributed by atoms with Crippen LogP contribution in [0.5, 0.6) is 0 Å². The third kappa shape index (κ3) is 5.77. The highest BCUT2D eigenvalue weighted by Gasteiger charge is 2.19. The molecular formula is C7H17ClN2O3S. The van der Waals surface area contributed by atoms with Crippen molar-refractivity contribution in [3.8, 4) is 0 Å². The van der Waals surface area contributed by atoms with E-state index in [0.29, 0.717) is 13.2 Å². The van der Waals surface area contributed by atoms with Crippen LogP contribution in [0, 0.1) is 0 Å². The van der Waals surface area contributed by atoms with E-state index in [4.69, 9.17) is 10.5 Å². The molecule has 1 rings (SSSR count). The fourth-order valence-corrected chi connectivity index (χ4v) is 1.72. The van der Waals surface area contributed by atoms with Gasteiger partial charge in [-0.2, -0.15) is 0 Å². The molecule has 3 N–H and O–H groups in total. The number of nitrogens with one attached hydrogen (secondary N) is 1. The third-order valence-corrected chi connectivity index (χ3v) is 2.67. The molecule has 0 unspecified atom stereocenters. The van der Waals surface area contributed by atoms with Crippen molar-refractivity contribution in [2.75, 3.05) is 19.4 Å². The van der Waals surface area contributed by atoms with E-state index >= 15 is 0 Å². The quantitative estimate of drug-likeness (QED) is 0.699. The van der Waals surface area contributed by atoms with E-state index in [0.717, 1.165) is 19.1 Å². The second-order valence-corrected chi connectivity index (χ2v) is 5.25. The van der Waals surface area contributed by atoms with E-state index in [9.17, 15) is 8.42 Å². The molecule has 0 aromatic heterocycles. The summed E-state index contributed by atoms with van der Waals surface area (Å²) in [5.74, 6) is 0. The standard InChI is InChI=1S/C7H16N2O3S.ClH/c1-13(10,11)9-4-7-3-2-6(8)5-12-7;/h6-7,9H,2-5,8H2,1H3;1H/t6-,7+;/m1./s1. The van der Waals surface area contributed by atoms with Crippen LogP contribution < -0.4 is 10.5 Å². The van der Waals surface area contributed by atoms with E-state index in [-0.39, 0.29) is 24.6 Å². The summed E-state index contributed by atoms with van der Waals surface area (Å²) in [5, 5.41) is 0. The molecule has 0 spiro atoms. The van der Waals surface area contributed by atoms with E-state index in [1.54, 1.807) is 0 Å². The fraction of sp³-hybridized carbons (Fsp3) is 1.00. The molecule has 0 amide bonds. The van der Waals surface area contributed by atoms with Crippen molar-refractivity contribution < 1.29 is 13.2 Å². The van der Waals surface area contributed by atoms with Gasteiger partial charge in [-0.25, -0.2) is 13.1 Å². The van der Waals surface area contributed by atoms with Crippen molar-refractivity contribution in [2.45, 2.75) is 25.0 Å². The van der Waals surface area contributed by atoms with Gasteiger partial charge in [0.2, 0.25) is 10.0 Å². The van der Waals surface area contributed by atoms with E-state index in [1.807, 2.05) is 0 Å². The maximum Gasteiger partial charge on any atom is 0.208 e. The molecule has 0 aromatic carbocycles. The van der Waals surface area contributed by atoms with Crippen LogP contribution >= 0.6 is 12.4 Å². The lowest BCUT2D eigenvalue weighted by Crippen LogP contribution is -2.41. The Morgan fingerprint density at radius 2 is 2.14 bits per heavy atom. The maximum atomic E-state index is 10.7. The summed E-state index contributed by atoms with van der Waals surface area (Å²) in [6, 6.07) is 0.106. The van der Waals surface area contributed by atoms with E-state index in [2.05, 4.69) is 4.72 Å². The number of sulfonamides is 1. The Balaban J connectivity index is 0.00000169. The number of hydrogen-bond acceptors (Lipinski definition) is 4. The first-order valence-corrected chi connectivity index (χ1v) is 6.18. The Morgan fingerprint density at radius 1 is 1.50 bits per heavy atom. The van der Waals surface area contributed by atoms with Crippen molar-refractivity contribution in [2.24, 2.45) is 5.73 Å². The first-order chi connectivity index (χ1) is 5.97. The molecule has 1 aliphatic rings. The van der Waals surface area contributed by atoms with E-state index in [1.165, 1.54) is 0 Å². The molecule has 1 fully saturated rings. The van der Waals surface area contributed by atoms with Crippen LogP contribution in [0.3, 0.4) is 0 Å². The van der Waals surface area contributed by atoms with Crippen LogP contribution in [0.1, 0.15) is 12.8 Å². The normalized spacial score (nSPS) is 28.1. The van der Waals surface area contributed by atoms with Crippen molar-refractivity contribution >= 4 is 22.4 Å². The highest BCUT2D eigenvalue weighted by Crippen LogP contribution is 2.11. The SMILES string of the molecule is CS(=O)(=O)NC[C@@H]1CC[C@@H](N)CO1.Cl. The molecule has 7 heteroatoms. The molecule has 1 aliphatic heterocycles. The Kier molecular flexibility index (Phi) is 5.92. The monoisotopic (exact) mass is 244 g/mol. The summed E-state index contributed by atoms with van der Waals surface area (Å²) < 4.78 is 29.2. The summed E-state index contributed by atoms with van der Waals surface area (Å²) in [5.41, 5.74) is 5.62. The van der Waals surface area contributed by atoms with E-state index < -0.39 is 10.0 Å². The predicted octanol–water partition coefficient (Wildman–Crippen LogP) is -0.536. The highest BCUT2D eigenvalue weighted by atomic mass is 35.5. The molecule has 0 saturated carbocycles. The summed E-state index contributed by atoms with van der Waals surface area (Å²) >= 11 is 0. The topological polar surface area (TPSA) is 81.4 Å². The molecule has 0 bridgehead atoms. The number of rotatable bonds is 3. The van der Waals surface area contributed by atoms with Crippen LogP contribution in [-0.2, 0) is 14.8 Å². The molecule has 1 saturated heterocycles. The van der Waals surface area contributed by atoms with Gasteiger partial charge in [0.15, 0.2) is 0 Å². The summed E-state index contributed by atoms with van der Waals surface area (Å²) in [4.78, 5) is 0. The van der Waals surface area contributed by atoms with Crippen molar-refractivity contribution in [3.63, 3.8) is 0 Å². The van der Waals surface area contributed by atoms with Crippen LogP contribution in [0.4, 0.5) is 0 Å². The summed E-state index contributed by atoms with van der Waals surface area (Å²) in [7, 11) is -3.10. The highest BCUT2D eigenvalue weighted by molar-refractivity contribution is 7.88. The van der Waals surface area contributed by atoms with Crippen LogP contribution in [0.2, 0.25) is 0 Å². The maximum absolute atomic E-state index is 10.7. The second-order valence-electron chi connectivity index (χ2n) is 3.41. The minimum absolute atomic E-state index is 0. The van der Waals surface area contributed by atoms with Gasteiger partial charge in [-0.15, -0.1) is 12.4 Å². The van der Waals surface area contributed by atoms with Gasteiger partial charge in [-0.05, 0) is 12.8 Å². The Hall–Kier alpha value is 0.120. The van der Waals surface area contributed by atoms with Crippen LogP contribution in [0.15, 0.2) is 0 Å². The number of ether oxygens (including phenoxy) is 1. The minimum Gasteiger partial charge on any atom is -0.375 e. The fourth-order valence-electron chi connectivity index (χ4n) is 1.23. The summed E-state index contributed by atoms with van der Waals surface area (Å²) in [6.07, 6.45) is 2.84. The molecule has 1 heterocycles. The number of hydrogen-bond donors (Lipinski definition) is 2. The second kappa shape index (κ2) is 5.87. The lowest BCUT2D eigenvalue weighted by atomic mass is 10.1. The molecule has 0 aromatic rings. The number of nitrogens with two attached hydrogens (primary N) is 1. The van der Waals surface area contributed by atoms with Gasteiger partial charge in [-0.1, -0.05) is 0 Å². The van der Waals surface area contributed by atoms with Crippen molar-refractivity contribution in [1.82, 2.24) is 4.72 Å². The van der Waals surface area contributed by atoms with Crippen LogP contribution in [0.25, 0.3) is 0 Å². The lowest BCUT2D eigenvalue weighted by molar-refractivity contribution is 0.00926. The van der Waals surface area contributed by atoms with Gasteiger partial charge < -0.3 is 10.5 Å². The van der Waals surface area contributed by atoms with Gasteiger partial charge in [-0.3, -0.25) is 0 Å². The first-order valence-electron chi connectivity index (χ1n) is 4.29. The molecule has 2 atom stereocenters. The summed E-state index contributed by atoms with van der Waals surface area (Å²) in [6.45, 7) is 0.877. The van der Waals surface area contributed by atoms with Gasteiger partial charge in [0, 0.05) is 12.6 Å². The predicted molar refractivity (Wildman–Crippen MR) is 57.0 cm³/mol. The smallest absolute Gasteiger partial charge is 0.208 e. The molecule has 14 heavy (non-hydrogen) atoms.